The Morgan fingerprint density at radius 2 is 2.05 bits per heavy atom. The van der Waals surface area contributed by atoms with E-state index in [1.54, 1.807) is 25.2 Å². The minimum absolute atomic E-state index is 0.102. The molecule has 1 amide bonds. The molecule has 118 valence electrons. The van der Waals surface area contributed by atoms with E-state index in [0.29, 0.717) is 16.6 Å². The Morgan fingerprint density at radius 3 is 2.64 bits per heavy atom. The summed E-state index contributed by atoms with van der Waals surface area (Å²) in [4.78, 5) is 39.1. The minimum atomic E-state index is -0.943. The highest BCUT2D eigenvalue weighted by atomic mass is 16.4. The molecule has 0 spiro atoms. The van der Waals surface area contributed by atoms with Gasteiger partial charge in [-0.3, -0.25) is 14.2 Å². The summed E-state index contributed by atoms with van der Waals surface area (Å²) in [5.41, 5.74) is 1.48. The number of hydrogen-bond acceptors (Lipinski definition) is 3. The van der Waals surface area contributed by atoms with Crippen LogP contribution in [0.1, 0.15) is 30.6 Å². The topological polar surface area (TPSA) is 95.4 Å². The first-order valence-electron chi connectivity index (χ1n) is 7.02. The van der Waals surface area contributed by atoms with Crippen LogP contribution < -0.4 is 5.69 Å². The van der Waals surface area contributed by atoms with Gasteiger partial charge in [0.15, 0.2) is 0 Å². The van der Waals surface area contributed by atoms with Gasteiger partial charge in [-0.05, 0) is 32.0 Å². The summed E-state index contributed by atoms with van der Waals surface area (Å²) in [6.45, 7) is 3.82. The molecule has 0 aliphatic heterocycles. The number of aliphatic carboxylic acids is 1. The summed E-state index contributed by atoms with van der Waals surface area (Å²) < 4.78 is 1.43. The zero-order valence-electron chi connectivity index (χ0n) is 12.8. The molecule has 0 unspecified atom stereocenters. The molecule has 0 aliphatic carbocycles. The number of imidazole rings is 1. The Kier molecular flexibility index (Phi) is 4.35. The number of fused-ring (bicyclic) bond motifs is 1. The van der Waals surface area contributed by atoms with Crippen molar-refractivity contribution in [3.63, 3.8) is 0 Å². The van der Waals surface area contributed by atoms with Crippen LogP contribution in [0.5, 0.6) is 0 Å². The second kappa shape index (κ2) is 6.05. The Morgan fingerprint density at radius 1 is 1.36 bits per heavy atom. The predicted octanol–water partition coefficient (Wildman–Crippen LogP) is 1.19. The normalized spacial score (nSPS) is 11.1. The average Bonchev–Trinajstić information content (AvgIpc) is 2.73. The molecule has 2 rings (SSSR count). The molecule has 0 atom stereocenters. The molecule has 0 saturated carbocycles. The zero-order valence-corrected chi connectivity index (χ0v) is 12.8. The second-order valence-corrected chi connectivity index (χ2v) is 5.46. The monoisotopic (exact) mass is 305 g/mol. The van der Waals surface area contributed by atoms with Crippen LogP contribution >= 0.6 is 0 Å². The lowest BCUT2D eigenvalue weighted by molar-refractivity contribution is -0.137. The quantitative estimate of drug-likeness (QED) is 0.867. The molecular weight excluding hydrogens is 286 g/mol. The number of aromatic amines is 1. The van der Waals surface area contributed by atoms with Crippen molar-refractivity contribution in [1.29, 1.82) is 0 Å². The van der Waals surface area contributed by atoms with Crippen molar-refractivity contribution in [2.45, 2.75) is 26.3 Å². The van der Waals surface area contributed by atoms with E-state index in [2.05, 4.69) is 4.98 Å². The van der Waals surface area contributed by atoms with E-state index in [-0.39, 0.29) is 30.6 Å². The highest BCUT2D eigenvalue weighted by Gasteiger charge is 2.20. The lowest BCUT2D eigenvalue weighted by atomic mass is 10.1. The number of amides is 1. The number of carboxylic acids is 1. The standard InChI is InChI=1S/C15H19N3O4/c1-9(2)18(7-6-13(19)20)14(21)10-4-5-11-12(8-10)17(3)15(22)16-11/h4-5,8-9H,6-7H2,1-3H3,(H,16,22)(H,19,20). The summed E-state index contributed by atoms with van der Waals surface area (Å²) in [7, 11) is 1.63. The number of aryl methyl sites for hydroxylation is 1. The fourth-order valence-electron chi connectivity index (χ4n) is 2.33. The number of nitrogens with one attached hydrogen (secondary N) is 1. The van der Waals surface area contributed by atoms with Crippen LogP contribution in [0.15, 0.2) is 23.0 Å². The number of benzene rings is 1. The lowest BCUT2D eigenvalue weighted by Crippen LogP contribution is -2.38. The summed E-state index contributed by atoms with van der Waals surface area (Å²) in [5, 5.41) is 8.80. The highest BCUT2D eigenvalue weighted by molar-refractivity contribution is 5.97. The maximum atomic E-state index is 12.6. The van der Waals surface area contributed by atoms with Crippen LogP contribution in [0.2, 0.25) is 0 Å². The largest absolute Gasteiger partial charge is 0.481 e. The van der Waals surface area contributed by atoms with E-state index >= 15 is 0 Å². The Hall–Kier alpha value is -2.57. The third kappa shape index (κ3) is 3.03. The van der Waals surface area contributed by atoms with Crippen LogP contribution in [0, 0.1) is 0 Å². The number of carbonyl (C=O) groups excluding carboxylic acids is 1. The molecule has 1 aromatic carbocycles. The van der Waals surface area contributed by atoms with E-state index in [4.69, 9.17) is 5.11 Å². The average molecular weight is 305 g/mol. The van der Waals surface area contributed by atoms with E-state index in [1.165, 1.54) is 9.47 Å². The van der Waals surface area contributed by atoms with Gasteiger partial charge < -0.3 is 15.0 Å². The number of H-pyrrole nitrogens is 1. The molecule has 0 saturated heterocycles. The van der Waals surface area contributed by atoms with Gasteiger partial charge in [-0.2, -0.15) is 0 Å². The van der Waals surface area contributed by atoms with Gasteiger partial charge in [0, 0.05) is 25.2 Å². The van der Waals surface area contributed by atoms with Gasteiger partial charge in [0.1, 0.15) is 0 Å². The van der Waals surface area contributed by atoms with Crippen molar-refractivity contribution in [2.24, 2.45) is 7.05 Å². The fraction of sp³-hybridized carbons (Fsp3) is 0.400. The van der Waals surface area contributed by atoms with Gasteiger partial charge >= 0.3 is 11.7 Å². The van der Waals surface area contributed by atoms with Gasteiger partial charge in [0.2, 0.25) is 0 Å². The zero-order chi connectivity index (χ0) is 16.4. The van der Waals surface area contributed by atoms with Gasteiger partial charge in [0.25, 0.3) is 5.91 Å². The van der Waals surface area contributed by atoms with Gasteiger partial charge in [-0.15, -0.1) is 0 Å². The third-order valence-corrected chi connectivity index (χ3v) is 3.60. The predicted molar refractivity (Wildman–Crippen MR) is 82.0 cm³/mol. The summed E-state index contributed by atoms with van der Waals surface area (Å²) in [6, 6.07) is 4.85. The van der Waals surface area contributed by atoms with Crippen molar-refractivity contribution in [2.75, 3.05) is 6.54 Å². The van der Waals surface area contributed by atoms with Crippen molar-refractivity contribution >= 4 is 22.9 Å². The molecule has 0 fully saturated rings. The van der Waals surface area contributed by atoms with Crippen molar-refractivity contribution < 1.29 is 14.7 Å². The van der Waals surface area contributed by atoms with Crippen molar-refractivity contribution in [3.05, 3.63) is 34.2 Å². The number of carboxylic acid groups (broad SMARTS) is 1. The molecule has 0 bridgehead atoms. The van der Waals surface area contributed by atoms with Crippen molar-refractivity contribution in [1.82, 2.24) is 14.5 Å². The highest BCUT2D eigenvalue weighted by Crippen LogP contribution is 2.15. The Labute approximate surface area is 127 Å². The van der Waals surface area contributed by atoms with Crippen molar-refractivity contribution in [3.8, 4) is 0 Å². The number of rotatable bonds is 5. The SMILES string of the molecule is CC(C)N(CCC(=O)O)C(=O)c1ccc2[nH]c(=O)n(C)c2c1. The molecule has 2 N–H and O–H groups in total. The first-order valence-corrected chi connectivity index (χ1v) is 7.02. The van der Waals surface area contributed by atoms with Gasteiger partial charge in [0.05, 0.1) is 17.5 Å². The molecule has 22 heavy (non-hydrogen) atoms. The summed E-state index contributed by atoms with van der Waals surface area (Å²) in [5.74, 6) is -1.19. The molecule has 7 nitrogen and oxygen atoms in total. The first-order chi connectivity index (χ1) is 10.3. The van der Waals surface area contributed by atoms with Crippen LogP contribution in [0.3, 0.4) is 0 Å². The van der Waals surface area contributed by atoms with Crippen LogP contribution in [-0.2, 0) is 11.8 Å². The van der Waals surface area contributed by atoms with E-state index < -0.39 is 5.97 Å². The molecule has 2 aromatic rings. The van der Waals surface area contributed by atoms with E-state index in [1.807, 2.05) is 13.8 Å². The maximum absolute atomic E-state index is 12.6. The summed E-state index contributed by atoms with van der Waals surface area (Å²) in [6.07, 6.45) is -0.102. The van der Waals surface area contributed by atoms with E-state index in [0.717, 1.165) is 0 Å². The second-order valence-electron chi connectivity index (χ2n) is 5.46. The molecule has 0 radical (unpaired) electrons. The van der Waals surface area contributed by atoms with Gasteiger partial charge in [-0.1, -0.05) is 0 Å². The maximum Gasteiger partial charge on any atom is 0.326 e. The summed E-state index contributed by atoms with van der Waals surface area (Å²) >= 11 is 0. The number of carbonyl (C=O) groups is 2. The number of nitrogens with zero attached hydrogens (tertiary/aromatic N) is 2. The molecule has 0 aliphatic rings. The van der Waals surface area contributed by atoms with Crippen LogP contribution in [-0.4, -0.2) is 44.0 Å². The van der Waals surface area contributed by atoms with E-state index in [9.17, 15) is 14.4 Å². The lowest BCUT2D eigenvalue weighted by Gasteiger charge is -2.26. The Bertz CT molecular complexity index is 773. The smallest absolute Gasteiger partial charge is 0.326 e. The third-order valence-electron chi connectivity index (χ3n) is 3.60. The number of aromatic nitrogens is 2. The minimum Gasteiger partial charge on any atom is -0.481 e. The molecular formula is C15H19N3O4. The molecule has 1 aromatic heterocycles. The van der Waals surface area contributed by atoms with Crippen LogP contribution in [0.25, 0.3) is 11.0 Å². The molecule has 1 heterocycles. The van der Waals surface area contributed by atoms with Crippen LogP contribution in [0.4, 0.5) is 0 Å². The molecule has 7 heteroatoms. The Balaban J connectivity index is 2.35. The fourth-order valence-corrected chi connectivity index (χ4v) is 2.33. The first kappa shape index (κ1) is 15.8. The van der Waals surface area contributed by atoms with Gasteiger partial charge in [-0.25, -0.2) is 4.79 Å². The number of hydrogen-bond donors (Lipinski definition) is 2.